The third-order valence-corrected chi connectivity index (χ3v) is 18.4. The fourth-order valence-corrected chi connectivity index (χ4v) is 15.4. The molecule has 0 aromatic carbocycles. The van der Waals surface area contributed by atoms with Gasteiger partial charge in [0, 0.05) is 62.8 Å². The molecule has 12 unspecified atom stereocenters. The van der Waals surface area contributed by atoms with Gasteiger partial charge in [-0.1, -0.05) is 48.6 Å². The monoisotopic (exact) mass is 863 g/mol. The minimum Gasteiger partial charge on any atom is -0.462 e. The van der Waals surface area contributed by atoms with Crippen LogP contribution in [0, 0.1) is 35.0 Å². The molecule has 12 nitrogen and oxygen atoms in total. The van der Waals surface area contributed by atoms with Crippen molar-refractivity contribution < 1.29 is 39.6 Å². The van der Waals surface area contributed by atoms with Crippen molar-refractivity contribution in [2.75, 3.05) is 31.9 Å². The summed E-state index contributed by atoms with van der Waals surface area (Å²) in [7, 11) is 3.88. The summed E-state index contributed by atoms with van der Waals surface area (Å²) in [5, 5.41) is 29.4. The lowest BCUT2D eigenvalue weighted by molar-refractivity contribution is -0.699. The summed E-state index contributed by atoms with van der Waals surface area (Å²) in [5.74, 6) is 2.52. The number of aliphatic hydroxyl groups excluding tert-OH is 2. The molecule has 12 atom stereocenters. The number of piperidine rings is 1. The van der Waals surface area contributed by atoms with Gasteiger partial charge in [0.25, 0.3) is 0 Å². The summed E-state index contributed by atoms with van der Waals surface area (Å²) >= 11 is 0. The van der Waals surface area contributed by atoms with E-state index >= 15 is 0 Å². The largest absolute Gasteiger partial charge is 0.462 e. The van der Waals surface area contributed by atoms with Crippen LogP contribution in [0.1, 0.15) is 142 Å². The number of hydrogen-bond donors (Lipinski definition) is 7. The Bertz CT molecular complexity index is 1450. The fourth-order valence-electron chi connectivity index (χ4n) is 12.2. The van der Waals surface area contributed by atoms with E-state index in [1.54, 1.807) is 0 Å². The first-order valence-corrected chi connectivity index (χ1v) is 26.0. The van der Waals surface area contributed by atoms with E-state index in [1.807, 2.05) is 21.6 Å². The number of guanidine groups is 1. The molecule has 10 N–H and O–H groups in total. The van der Waals surface area contributed by atoms with E-state index in [9.17, 15) is 19.8 Å². The van der Waals surface area contributed by atoms with Crippen LogP contribution >= 0.6 is 21.6 Å². The Balaban J connectivity index is 1.13. The van der Waals surface area contributed by atoms with Crippen molar-refractivity contribution in [3.05, 3.63) is 12.2 Å². The zero-order valence-electron chi connectivity index (χ0n) is 35.9. The standard InChI is InChI=1S/C45H76N6O6S2/c1-30(52)56-36-14-12-33-24-34(41(55)42-37(33)15-13-32-9-8-11-38(32)57-42)28-51-29-44(27-40(51)54,26-31-16-20-48-39(46)23-31)19-21-49-43(47)50-45(17-5-6-18-45)59-58-22-7-3-2-4-10-35(53)25-36/h13,15,31-39,41-42,48,53,55H,2-12,14,16-29,46H2,1H3,(H3,47,49,50)/p+2. The van der Waals surface area contributed by atoms with E-state index in [-0.39, 0.29) is 64.4 Å². The van der Waals surface area contributed by atoms with Gasteiger partial charge in [-0.15, -0.1) is 0 Å². The second-order valence-electron chi connectivity index (χ2n) is 19.9. The summed E-state index contributed by atoms with van der Waals surface area (Å²) in [6.07, 6.45) is 22.8. The molecule has 2 saturated heterocycles. The zero-order chi connectivity index (χ0) is 41.4. The maximum Gasteiger partial charge on any atom is 0.342 e. The quantitative estimate of drug-likeness (QED) is 0.126. The lowest BCUT2D eigenvalue weighted by atomic mass is 9.68. The van der Waals surface area contributed by atoms with Crippen LogP contribution in [0.2, 0.25) is 0 Å². The number of aliphatic hydroxyl groups is 2. The molecule has 7 rings (SSSR count). The van der Waals surface area contributed by atoms with Gasteiger partial charge in [0.15, 0.2) is 0 Å². The molecule has 0 aromatic heterocycles. The van der Waals surface area contributed by atoms with Gasteiger partial charge in [0.1, 0.15) is 17.1 Å². The number of nitrogens with two attached hydrogens (primary N) is 3. The number of hydrogen-bond acceptors (Lipinski definition) is 11. The van der Waals surface area contributed by atoms with Gasteiger partial charge in [-0.05, 0) is 118 Å². The maximum absolute atomic E-state index is 14.2. The second-order valence-corrected chi connectivity index (χ2v) is 22.7. The van der Waals surface area contributed by atoms with E-state index in [0.29, 0.717) is 63.1 Å². The predicted octanol–water partition coefficient (Wildman–Crippen LogP) is 3.04. The molecule has 1 spiro atoms. The molecule has 334 valence electrons. The van der Waals surface area contributed by atoms with Gasteiger partial charge in [-0.25, -0.2) is 0 Å². The Morgan fingerprint density at radius 1 is 1.00 bits per heavy atom. The van der Waals surface area contributed by atoms with Crippen LogP contribution in [0.3, 0.4) is 0 Å². The molecular weight excluding hydrogens is 785 g/mol. The average Bonchev–Trinajstić information content (AvgIpc) is 3.88. The molecule has 4 heterocycles. The topological polar surface area (TPSA) is 191 Å². The molecule has 4 bridgehead atoms. The van der Waals surface area contributed by atoms with Crippen molar-refractivity contribution in [3.8, 4) is 0 Å². The molecule has 5 fully saturated rings. The van der Waals surface area contributed by atoms with Crippen molar-refractivity contribution in [3.63, 3.8) is 0 Å². The highest BCUT2D eigenvalue weighted by Gasteiger charge is 2.50. The van der Waals surface area contributed by atoms with Gasteiger partial charge in [-0.2, -0.15) is 0 Å². The smallest absolute Gasteiger partial charge is 0.342 e. The van der Waals surface area contributed by atoms with Gasteiger partial charge >= 0.3 is 11.9 Å². The van der Waals surface area contributed by atoms with E-state index in [0.717, 1.165) is 109 Å². The van der Waals surface area contributed by atoms with E-state index in [4.69, 9.17) is 20.9 Å². The summed E-state index contributed by atoms with van der Waals surface area (Å²) in [6.45, 7) is 4.35. The second kappa shape index (κ2) is 21.2. The van der Waals surface area contributed by atoms with Crippen LogP contribution in [0.4, 0.5) is 0 Å². The number of rotatable bonds is 3. The van der Waals surface area contributed by atoms with E-state index < -0.39 is 12.2 Å². The fraction of sp³-hybridized carbons (Fsp3) is 0.889. The molecule has 1 amide bonds. The molecule has 0 aromatic rings. The molecule has 0 radical (unpaired) electrons. The number of esters is 1. The average molecular weight is 863 g/mol. The summed E-state index contributed by atoms with van der Waals surface area (Å²) in [5.41, 5.74) is 13.0. The highest BCUT2D eigenvalue weighted by atomic mass is 33.1. The Morgan fingerprint density at radius 3 is 2.64 bits per heavy atom. The Morgan fingerprint density at radius 2 is 1.83 bits per heavy atom. The third-order valence-electron chi connectivity index (χ3n) is 15.2. The van der Waals surface area contributed by atoms with Gasteiger partial charge in [0.05, 0.1) is 37.5 Å². The first-order chi connectivity index (χ1) is 28.5. The summed E-state index contributed by atoms with van der Waals surface area (Å²) in [6, 6.07) is 0. The van der Waals surface area contributed by atoms with Crippen LogP contribution in [-0.2, 0) is 19.1 Å². The number of nitrogens with one attached hydrogen (secondary N) is 2. The third kappa shape index (κ3) is 12.3. The molecule has 14 heteroatoms. The van der Waals surface area contributed by atoms with Crippen LogP contribution in [0.5, 0.6) is 0 Å². The van der Waals surface area contributed by atoms with Crippen LogP contribution in [0.15, 0.2) is 12.2 Å². The first-order valence-electron chi connectivity index (χ1n) is 23.7. The number of carbonyl (C=O) groups excluding carboxylic acids is 2. The molecular formula is C45H78N6O6S2+2. The highest BCUT2D eigenvalue weighted by Crippen LogP contribution is 2.48. The normalized spacial score (nSPS) is 40.7. The number of ether oxygens (including phenoxy) is 2. The SMILES string of the molecule is CC(=O)OC1CCC2CC(CN3CC(CC4CC[NH2+]C(N)C4)(CC[NH+]=C(N)NC4(CCCC4)SSCCCCCCC(O)C1)CC3=O)C(O)C1OC3CCCC3C=CC21. The number of fused-ring (bicyclic) bond motifs is 7. The zero-order valence-corrected chi connectivity index (χ0v) is 37.5. The predicted molar refractivity (Wildman–Crippen MR) is 234 cm³/mol. The van der Waals surface area contributed by atoms with Crippen LogP contribution in [-0.4, -0.2) is 106 Å². The lowest BCUT2D eigenvalue weighted by Crippen LogP contribution is -2.94. The maximum atomic E-state index is 14.2. The van der Waals surface area contributed by atoms with Gasteiger partial charge < -0.3 is 29.9 Å². The lowest BCUT2D eigenvalue weighted by Gasteiger charge is -2.46. The van der Waals surface area contributed by atoms with Gasteiger partial charge in [0.2, 0.25) is 5.91 Å². The molecule has 3 aliphatic carbocycles. The molecule has 3 saturated carbocycles. The van der Waals surface area contributed by atoms with Crippen molar-refractivity contribution in [1.29, 1.82) is 0 Å². The summed E-state index contributed by atoms with van der Waals surface area (Å²) in [4.78, 5) is 32.1. The van der Waals surface area contributed by atoms with Crippen molar-refractivity contribution >= 4 is 39.4 Å². The molecule has 59 heavy (non-hydrogen) atoms. The minimum atomic E-state index is -0.686. The number of carbonyl (C=O) groups is 2. The molecule has 4 aliphatic heterocycles. The highest BCUT2D eigenvalue weighted by molar-refractivity contribution is 8.77. The van der Waals surface area contributed by atoms with Crippen molar-refractivity contribution in [2.45, 2.75) is 183 Å². The number of quaternary nitrogens is 1. The molecule has 7 aliphatic rings. The Hall–Kier alpha value is -1.55. The Labute approximate surface area is 361 Å². The number of nitrogens with zero attached hydrogens (tertiary/aromatic N) is 1. The van der Waals surface area contributed by atoms with Gasteiger partial charge in [-0.3, -0.25) is 31.4 Å². The number of amides is 1. The van der Waals surface area contributed by atoms with E-state index in [1.165, 1.54) is 19.8 Å². The minimum absolute atomic E-state index is 0.0450. The van der Waals surface area contributed by atoms with Crippen molar-refractivity contribution in [1.82, 2.24) is 10.2 Å². The van der Waals surface area contributed by atoms with Crippen LogP contribution in [0.25, 0.3) is 0 Å². The van der Waals surface area contributed by atoms with E-state index in [2.05, 4.69) is 32.7 Å². The Kier molecular flexibility index (Phi) is 16.4. The van der Waals surface area contributed by atoms with Crippen molar-refractivity contribution in [2.24, 2.45) is 46.5 Å². The first kappa shape index (κ1) is 45.5. The van der Waals surface area contributed by atoms with Crippen LogP contribution < -0.4 is 27.1 Å². The summed E-state index contributed by atoms with van der Waals surface area (Å²) < 4.78 is 12.8.